The van der Waals surface area contributed by atoms with Crippen molar-refractivity contribution in [2.75, 3.05) is 5.32 Å². The van der Waals surface area contributed by atoms with Crippen molar-refractivity contribution < 1.29 is 0 Å². The summed E-state index contributed by atoms with van der Waals surface area (Å²) in [5.74, 6) is 0. The van der Waals surface area contributed by atoms with E-state index in [9.17, 15) is 0 Å². The minimum absolute atomic E-state index is 0.353. The number of nitrogens with one attached hydrogen (secondary N) is 1. The van der Waals surface area contributed by atoms with Crippen LogP contribution >= 0.6 is 15.9 Å². The number of halogens is 1. The molecule has 0 saturated heterocycles. The second-order valence-electron chi connectivity index (χ2n) is 4.11. The molecule has 0 aliphatic heterocycles. The third kappa shape index (κ3) is 2.92. The maximum absolute atomic E-state index is 5.95. The van der Waals surface area contributed by atoms with Crippen molar-refractivity contribution in [1.29, 1.82) is 0 Å². The number of rotatable bonds is 2. The van der Waals surface area contributed by atoms with Gasteiger partial charge in [-0.15, -0.1) is 0 Å². The van der Waals surface area contributed by atoms with Crippen molar-refractivity contribution in [3.63, 3.8) is 0 Å². The van der Waals surface area contributed by atoms with E-state index < -0.39 is 0 Å². The zero-order valence-electron chi connectivity index (χ0n) is 8.62. The summed E-state index contributed by atoms with van der Waals surface area (Å²) in [4.78, 5) is 4.19. The Labute approximate surface area is 98.6 Å². The summed E-state index contributed by atoms with van der Waals surface area (Å²) < 4.78 is 0.879. The second-order valence-corrected chi connectivity index (χ2v) is 4.86. The Kier molecular flexibility index (Phi) is 3.59. The first kappa shape index (κ1) is 10.9. The highest BCUT2D eigenvalue weighted by molar-refractivity contribution is 9.10. The van der Waals surface area contributed by atoms with Crippen molar-refractivity contribution in [3.8, 4) is 0 Å². The minimum Gasteiger partial charge on any atom is -0.380 e. The summed E-state index contributed by atoms with van der Waals surface area (Å²) in [5, 5.41) is 3.49. The number of nitrogens with zero attached hydrogens (tertiary/aromatic N) is 1. The molecule has 1 aromatic heterocycles. The molecule has 0 bridgehead atoms. The molecule has 1 aliphatic rings. The molecule has 0 amide bonds. The van der Waals surface area contributed by atoms with E-state index in [-0.39, 0.29) is 0 Å². The van der Waals surface area contributed by atoms with Crippen molar-refractivity contribution >= 4 is 21.6 Å². The van der Waals surface area contributed by atoms with E-state index in [1.807, 2.05) is 12.1 Å². The average molecular weight is 270 g/mol. The molecule has 2 rings (SSSR count). The Hall–Kier alpha value is -0.610. The van der Waals surface area contributed by atoms with E-state index in [4.69, 9.17) is 5.73 Å². The van der Waals surface area contributed by atoms with Crippen LogP contribution < -0.4 is 11.1 Å². The second kappa shape index (κ2) is 4.94. The highest BCUT2D eigenvalue weighted by Crippen LogP contribution is 2.24. The molecule has 1 heterocycles. The first-order valence-corrected chi connectivity index (χ1v) is 6.17. The zero-order chi connectivity index (χ0) is 10.7. The van der Waals surface area contributed by atoms with Crippen LogP contribution in [0.4, 0.5) is 5.69 Å². The van der Waals surface area contributed by atoms with Gasteiger partial charge in [0.1, 0.15) is 4.60 Å². The third-order valence-electron chi connectivity index (χ3n) is 2.83. The average Bonchev–Trinajstić information content (AvgIpc) is 2.22. The van der Waals surface area contributed by atoms with Gasteiger partial charge < -0.3 is 11.1 Å². The van der Waals surface area contributed by atoms with Gasteiger partial charge in [-0.2, -0.15) is 0 Å². The van der Waals surface area contributed by atoms with Crippen LogP contribution in [0.1, 0.15) is 25.7 Å². The molecular formula is C11H16BrN3. The fourth-order valence-electron chi connectivity index (χ4n) is 2.07. The highest BCUT2D eigenvalue weighted by Gasteiger charge is 2.19. The lowest BCUT2D eigenvalue weighted by molar-refractivity contribution is 0.409. The first-order valence-electron chi connectivity index (χ1n) is 5.38. The maximum atomic E-state index is 5.95. The summed E-state index contributed by atoms with van der Waals surface area (Å²) in [6.07, 6.45) is 6.42. The zero-order valence-corrected chi connectivity index (χ0v) is 10.2. The predicted molar refractivity (Wildman–Crippen MR) is 65.8 cm³/mol. The first-order chi connectivity index (χ1) is 7.25. The highest BCUT2D eigenvalue weighted by atomic mass is 79.9. The smallest absolute Gasteiger partial charge is 0.129 e. The molecule has 1 aromatic rings. The number of nitrogens with two attached hydrogens (primary N) is 1. The number of aromatic nitrogens is 1. The molecule has 0 radical (unpaired) electrons. The van der Waals surface area contributed by atoms with Crippen LogP contribution in [0.25, 0.3) is 0 Å². The summed E-state index contributed by atoms with van der Waals surface area (Å²) in [6, 6.07) is 4.83. The molecule has 2 atom stereocenters. The Morgan fingerprint density at radius 1 is 1.47 bits per heavy atom. The number of anilines is 1. The summed E-state index contributed by atoms with van der Waals surface area (Å²) in [6.45, 7) is 0. The Morgan fingerprint density at radius 2 is 2.33 bits per heavy atom. The van der Waals surface area contributed by atoms with Crippen LogP contribution in [0.3, 0.4) is 0 Å². The lowest BCUT2D eigenvalue weighted by Gasteiger charge is -2.28. The van der Waals surface area contributed by atoms with Gasteiger partial charge in [-0.05, 0) is 53.7 Å². The van der Waals surface area contributed by atoms with Gasteiger partial charge in [0.25, 0.3) is 0 Å². The molecule has 15 heavy (non-hydrogen) atoms. The largest absolute Gasteiger partial charge is 0.380 e. The topological polar surface area (TPSA) is 50.9 Å². The lowest BCUT2D eigenvalue weighted by atomic mass is 9.91. The van der Waals surface area contributed by atoms with Gasteiger partial charge in [-0.25, -0.2) is 4.98 Å². The van der Waals surface area contributed by atoms with Crippen molar-refractivity contribution in [2.45, 2.75) is 37.8 Å². The number of hydrogen-bond acceptors (Lipinski definition) is 3. The molecule has 1 fully saturated rings. The van der Waals surface area contributed by atoms with Crippen LogP contribution in [-0.2, 0) is 0 Å². The van der Waals surface area contributed by atoms with E-state index in [0.717, 1.165) is 23.1 Å². The summed E-state index contributed by atoms with van der Waals surface area (Å²) in [7, 11) is 0. The Balaban J connectivity index is 1.99. The molecular weight excluding hydrogens is 254 g/mol. The van der Waals surface area contributed by atoms with E-state index in [2.05, 4.69) is 26.2 Å². The molecule has 4 heteroatoms. The van der Waals surface area contributed by atoms with Gasteiger partial charge in [0, 0.05) is 18.3 Å². The number of pyridine rings is 1. The predicted octanol–water partition coefficient (Wildman–Crippen LogP) is 2.53. The molecule has 0 spiro atoms. The lowest BCUT2D eigenvalue weighted by Crippen LogP contribution is -2.34. The number of hydrogen-bond donors (Lipinski definition) is 2. The fourth-order valence-corrected chi connectivity index (χ4v) is 2.44. The Bertz CT molecular complexity index is 329. The minimum atomic E-state index is 0.353. The van der Waals surface area contributed by atoms with E-state index in [1.165, 1.54) is 12.8 Å². The molecule has 1 aliphatic carbocycles. The van der Waals surface area contributed by atoms with Crippen LogP contribution in [0.5, 0.6) is 0 Å². The van der Waals surface area contributed by atoms with Gasteiger partial charge in [-0.3, -0.25) is 0 Å². The van der Waals surface area contributed by atoms with Gasteiger partial charge >= 0.3 is 0 Å². The van der Waals surface area contributed by atoms with Gasteiger partial charge in [0.15, 0.2) is 0 Å². The molecule has 3 N–H and O–H groups in total. The van der Waals surface area contributed by atoms with E-state index in [0.29, 0.717) is 12.1 Å². The van der Waals surface area contributed by atoms with Gasteiger partial charge in [0.05, 0.1) is 5.69 Å². The SMILES string of the molecule is NC1CCCC(Nc2cccnc2Br)C1. The monoisotopic (exact) mass is 269 g/mol. The fraction of sp³-hybridized carbons (Fsp3) is 0.545. The maximum Gasteiger partial charge on any atom is 0.129 e. The van der Waals surface area contributed by atoms with E-state index in [1.54, 1.807) is 6.20 Å². The Morgan fingerprint density at radius 3 is 3.07 bits per heavy atom. The van der Waals surface area contributed by atoms with E-state index >= 15 is 0 Å². The van der Waals surface area contributed by atoms with Gasteiger partial charge in [0.2, 0.25) is 0 Å². The summed E-state index contributed by atoms with van der Waals surface area (Å²) >= 11 is 3.43. The molecule has 1 saturated carbocycles. The molecule has 82 valence electrons. The summed E-state index contributed by atoms with van der Waals surface area (Å²) in [5.41, 5.74) is 7.02. The van der Waals surface area contributed by atoms with Crippen molar-refractivity contribution in [1.82, 2.24) is 4.98 Å². The molecule has 3 nitrogen and oxygen atoms in total. The van der Waals surface area contributed by atoms with Gasteiger partial charge in [-0.1, -0.05) is 0 Å². The van der Waals surface area contributed by atoms with Crippen LogP contribution in [0.2, 0.25) is 0 Å². The molecule has 2 unspecified atom stereocenters. The molecule has 0 aromatic carbocycles. The normalized spacial score (nSPS) is 26.3. The third-order valence-corrected chi connectivity index (χ3v) is 3.47. The van der Waals surface area contributed by atoms with Crippen LogP contribution in [-0.4, -0.2) is 17.1 Å². The van der Waals surface area contributed by atoms with Crippen molar-refractivity contribution in [3.05, 3.63) is 22.9 Å². The van der Waals surface area contributed by atoms with Crippen LogP contribution in [0, 0.1) is 0 Å². The van der Waals surface area contributed by atoms with Crippen molar-refractivity contribution in [2.24, 2.45) is 5.73 Å². The van der Waals surface area contributed by atoms with Crippen LogP contribution in [0.15, 0.2) is 22.9 Å². The standard InChI is InChI=1S/C11H16BrN3/c12-11-10(5-2-6-14-11)15-9-4-1-3-8(13)7-9/h2,5-6,8-9,15H,1,3-4,7,13H2. The quantitative estimate of drug-likeness (QED) is 0.812.